The van der Waals surface area contributed by atoms with Gasteiger partial charge in [-0.2, -0.15) is 0 Å². The van der Waals surface area contributed by atoms with Gasteiger partial charge >= 0.3 is 5.97 Å². The zero-order chi connectivity index (χ0) is 10.9. The fraction of sp³-hybridized carbons (Fsp3) is 0.727. The van der Waals surface area contributed by atoms with Crippen LogP contribution in [0.2, 0.25) is 0 Å². The van der Waals surface area contributed by atoms with E-state index in [0.29, 0.717) is 6.42 Å². The van der Waals surface area contributed by atoms with Crippen molar-refractivity contribution in [2.45, 2.75) is 26.4 Å². The topological polar surface area (TPSA) is 46.5 Å². The fourth-order valence-corrected chi connectivity index (χ4v) is 2.25. The van der Waals surface area contributed by atoms with Crippen LogP contribution in [0.15, 0.2) is 12.2 Å². The van der Waals surface area contributed by atoms with Crippen LogP contribution in [0.4, 0.5) is 0 Å². The Morgan fingerprint density at radius 2 is 2.14 bits per heavy atom. The van der Waals surface area contributed by atoms with Crippen LogP contribution >= 0.6 is 0 Å². The minimum atomic E-state index is -0.416. The first-order chi connectivity index (χ1) is 6.49. The summed E-state index contributed by atoms with van der Waals surface area (Å²) >= 11 is 0. The number of hydrogen-bond acceptors (Lipinski definition) is 3. The van der Waals surface area contributed by atoms with Gasteiger partial charge in [0.25, 0.3) is 0 Å². The molecule has 1 fully saturated rings. The van der Waals surface area contributed by atoms with Crippen molar-refractivity contribution >= 4 is 5.97 Å². The first-order valence-electron chi connectivity index (χ1n) is 4.90. The van der Waals surface area contributed by atoms with Gasteiger partial charge in [-0.05, 0) is 25.2 Å². The highest BCUT2D eigenvalue weighted by Crippen LogP contribution is 2.41. The second-order valence-corrected chi connectivity index (χ2v) is 4.16. The molecule has 0 amide bonds. The van der Waals surface area contributed by atoms with Crippen LogP contribution in [-0.2, 0) is 9.53 Å². The van der Waals surface area contributed by atoms with Crippen LogP contribution in [0.25, 0.3) is 0 Å². The highest BCUT2D eigenvalue weighted by Gasteiger charge is 2.44. The van der Waals surface area contributed by atoms with E-state index < -0.39 is 6.10 Å². The van der Waals surface area contributed by atoms with Crippen molar-refractivity contribution in [1.82, 2.24) is 0 Å². The quantitative estimate of drug-likeness (QED) is 0.538. The summed E-state index contributed by atoms with van der Waals surface area (Å²) < 4.78 is 4.74. The first-order valence-corrected chi connectivity index (χ1v) is 4.90. The van der Waals surface area contributed by atoms with E-state index >= 15 is 0 Å². The Labute approximate surface area is 84.8 Å². The summed E-state index contributed by atoms with van der Waals surface area (Å²) in [6.45, 7) is 7.63. The number of aliphatic hydroxyl groups excluding tert-OH is 1. The molecule has 1 aliphatic carbocycles. The molecule has 0 bridgehead atoms. The lowest BCUT2D eigenvalue weighted by molar-refractivity contribution is -0.148. The van der Waals surface area contributed by atoms with Crippen molar-refractivity contribution in [3.05, 3.63) is 12.2 Å². The largest absolute Gasteiger partial charge is 0.469 e. The molecule has 0 radical (unpaired) electrons. The van der Waals surface area contributed by atoms with E-state index in [1.165, 1.54) is 7.11 Å². The SMILES string of the molecule is C=C(C)[C@@H]1C[C@@H](O)[C@H](C)[C@H]1C(=O)OC. The summed E-state index contributed by atoms with van der Waals surface area (Å²) in [5.41, 5.74) is 0.948. The number of ether oxygens (including phenoxy) is 1. The van der Waals surface area contributed by atoms with Gasteiger partial charge in [-0.3, -0.25) is 4.79 Å². The van der Waals surface area contributed by atoms with Gasteiger partial charge in [-0.25, -0.2) is 0 Å². The molecule has 4 atom stereocenters. The molecule has 0 aromatic rings. The molecule has 0 unspecified atom stereocenters. The molecular weight excluding hydrogens is 180 g/mol. The van der Waals surface area contributed by atoms with Gasteiger partial charge in [0.15, 0.2) is 0 Å². The van der Waals surface area contributed by atoms with Crippen molar-refractivity contribution in [2.75, 3.05) is 7.11 Å². The van der Waals surface area contributed by atoms with E-state index in [-0.39, 0.29) is 23.7 Å². The normalized spacial score (nSPS) is 36.9. The maximum atomic E-state index is 11.5. The molecule has 1 aliphatic rings. The minimum Gasteiger partial charge on any atom is -0.469 e. The third-order valence-electron chi connectivity index (χ3n) is 3.21. The number of esters is 1. The smallest absolute Gasteiger partial charge is 0.309 e. The van der Waals surface area contributed by atoms with Gasteiger partial charge in [0.2, 0.25) is 0 Å². The van der Waals surface area contributed by atoms with Crippen LogP contribution in [0, 0.1) is 17.8 Å². The van der Waals surface area contributed by atoms with Crippen molar-refractivity contribution in [3.63, 3.8) is 0 Å². The number of methoxy groups -OCH3 is 1. The predicted molar refractivity (Wildman–Crippen MR) is 53.6 cm³/mol. The fourth-order valence-electron chi connectivity index (χ4n) is 2.25. The van der Waals surface area contributed by atoms with Gasteiger partial charge in [0.1, 0.15) is 0 Å². The Bertz CT molecular complexity index is 247. The molecule has 0 spiro atoms. The molecule has 0 aromatic heterocycles. The molecule has 0 aromatic carbocycles. The van der Waals surface area contributed by atoms with E-state index in [1.54, 1.807) is 0 Å². The number of carbonyl (C=O) groups is 1. The molecule has 0 saturated heterocycles. The third-order valence-corrected chi connectivity index (χ3v) is 3.21. The van der Waals surface area contributed by atoms with Crippen LogP contribution < -0.4 is 0 Å². The number of hydrogen-bond donors (Lipinski definition) is 1. The van der Waals surface area contributed by atoms with E-state index in [0.717, 1.165) is 5.57 Å². The van der Waals surface area contributed by atoms with E-state index in [1.807, 2.05) is 13.8 Å². The molecule has 1 saturated carbocycles. The lowest BCUT2D eigenvalue weighted by atomic mass is 9.86. The Hall–Kier alpha value is -0.830. The lowest BCUT2D eigenvalue weighted by Crippen LogP contribution is -2.27. The molecule has 0 heterocycles. The summed E-state index contributed by atoms with van der Waals surface area (Å²) in [6.07, 6.45) is 0.205. The van der Waals surface area contributed by atoms with Gasteiger partial charge in [0, 0.05) is 0 Å². The molecule has 0 aliphatic heterocycles. The Morgan fingerprint density at radius 3 is 2.57 bits per heavy atom. The zero-order valence-electron chi connectivity index (χ0n) is 8.99. The third kappa shape index (κ3) is 1.82. The zero-order valence-corrected chi connectivity index (χ0v) is 8.99. The average molecular weight is 198 g/mol. The van der Waals surface area contributed by atoms with Crippen LogP contribution in [0.3, 0.4) is 0 Å². The molecular formula is C11H18O3. The summed E-state index contributed by atoms with van der Waals surface area (Å²) in [6, 6.07) is 0. The van der Waals surface area contributed by atoms with Crippen molar-refractivity contribution in [2.24, 2.45) is 17.8 Å². The highest BCUT2D eigenvalue weighted by molar-refractivity contribution is 5.74. The molecule has 14 heavy (non-hydrogen) atoms. The summed E-state index contributed by atoms with van der Waals surface area (Å²) in [4.78, 5) is 11.5. The van der Waals surface area contributed by atoms with E-state index in [2.05, 4.69) is 6.58 Å². The maximum Gasteiger partial charge on any atom is 0.309 e. The Kier molecular flexibility index (Phi) is 3.32. The van der Waals surface area contributed by atoms with Crippen LogP contribution in [-0.4, -0.2) is 24.3 Å². The first kappa shape index (κ1) is 11.2. The lowest BCUT2D eigenvalue weighted by Gasteiger charge is -2.20. The van der Waals surface area contributed by atoms with Gasteiger partial charge in [-0.1, -0.05) is 19.1 Å². The van der Waals surface area contributed by atoms with E-state index in [4.69, 9.17) is 4.74 Å². The molecule has 1 N–H and O–H groups in total. The molecule has 80 valence electrons. The number of aliphatic hydroxyl groups is 1. The Morgan fingerprint density at radius 1 is 1.57 bits per heavy atom. The second kappa shape index (κ2) is 4.13. The minimum absolute atomic E-state index is 0.0378. The number of allylic oxidation sites excluding steroid dienone is 1. The number of rotatable bonds is 2. The number of carbonyl (C=O) groups excluding carboxylic acids is 1. The Balaban J connectivity index is 2.86. The van der Waals surface area contributed by atoms with Crippen molar-refractivity contribution in [3.8, 4) is 0 Å². The van der Waals surface area contributed by atoms with Crippen LogP contribution in [0.1, 0.15) is 20.3 Å². The van der Waals surface area contributed by atoms with Gasteiger partial charge < -0.3 is 9.84 Å². The molecule has 3 nitrogen and oxygen atoms in total. The monoisotopic (exact) mass is 198 g/mol. The average Bonchev–Trinajstić information content (AvgIpc) is 2.43. The predicted octanol–water partition coefficient (Wildman–Crippen LogP) is 1.37. The van der Waals surface area contributed by atoms with Gasteiger partial charge in [0.05, 0.1) is 19.1 Å². The maximum absolute atomic E-state index is 11.5. The van der Waals surface area contributed by atoms with Gasteiger partial charge in [-0.15, -0.1) is 0 Å². The van der Waals surface area contributed by atoms with Crippen molar-refractivity contribution < 1.29 is 14.6 Å². The molecule has 3 heteroatoms. The van der Waals surface area contributed by atoms with Crippen LogP contribution in [0.5, 0.6) is 0 Å². The van der Waals surface area contributed by atoms with Crippen molar-refractivity contribution in [1.29, 1.82) is 0 Å². The summed E-state index contributed by atoms with van der Waals surface area (Å²) in [7, 11) is 1.38. The summed E-state index contributed by atoms with van der Waals surface area (Å²) in [5, 5.41) is 9.68. The second-order valence-electron chi connectivity index (χ2n) is 4.16. The molecule has 1 rings (SSSR count). The standard InChI is InChI=1S/C11H18O3/c1-6(2)8-5-9(12)7(3)10(8)11(13)14-4/h7-10,12H,1,5H2,2-4H3/t7-,8-,9+,10+/m0/s1. The summed E-state index contributed by atoms with van der Waals surface area (Å²) in [5.74, 6) is -0.439. The van der Waals surface area contributed by atoms with E-state index in [9.17, 15) is 9.90 Å². The highest BCUT2D eigenvalue weighted by atomic mass is 16.5.